The molecule has 0 radical (unpaired) electrons. The van der Waals surface area contributed by atoms with E-state index in [-0.39, 0.29) is 5.91 Å². The van der Waals surface area contributed by atoms with E-state index in [1.54, 1.807) is 0 Å². The molecule has 1 atom stereocenters. The topological polar surface area (TPSA) is 59.0 Å². The maximum absolute atomic E-state index is 12.1. The monoisotopic (exact) mass is 290 g/mol. The van der Waals surface area contributed by atoms with Crippen LogP contribution in [0.3, 0.4) is 0 Å². The Morgan fingerprint density at radius 3 is 2.81 bits per heavy atom. The summed E-state index contributed by atoms with van der Waals surface area (Å²) >= 11 is 0. The molecule has 0 saturated carbocycles. The Balaban J connectivity index is 1.92. The minimum absolute atomic E-state index is 0.156. The number of rotatable bonds is 4. The van der Waals surface area contributed by atoms with Crippen molar-refractivity contribution in [1.82, 2.24) is 15.1 Å². The molecule has 2 N–H and O–H groups in total. The Bertz CT molecular complexity index is 517. The van der Waals surface area contributed by atoms with E-state index in [1.165, 1.54) is 5.56 Å². The highest BCUT2D eigenvalue weighted by Crippen LogP contribution is 2.42. The molecule has 0 aromatic carbocycles. The maximum atomic E-state index is 12.1. The third kappa shape index (κ3) is 2.84. The highest BCUT2D eigenvalue weighted by molar-refractivity contribution is 5.94. The van der Waals surface area contributed by atoms with E-state index in [2.05, 4.69) is 24.5 Å². The lowest BCUT2D eigenvalue weighted by Gasteiger charge is -2.33. The number of unbranched alkanes of at least 4 members (excludes halogenated alkanes) is 1. The van der Waals surface area contributed by atoms with Gasteiger partial charge in [0, 0.05) is 24.4 Å². The summed E-state index contributed by atoms with van der Waals surface area (Å²) in [6.45, 7) is 7.31. The molecule has 0 unspecified atom stereocenters. The number of nitrogens with one attached hydrogen (secondary N) is 2. The largest absolute Gasteiger partial charge is 0.317 e. The van der Waals surface area contributed by atoms with E-state index in [4.69, 9.17) is 5.10 Å². The van der Waals surface area contributed by atoms with Crippen molar-refractivity contribution in [1.29, 1.82) is 0 Å². The average Bonchev–Trinajstić information content (AvgIpc) is 2.81. The molecule has 0 aliphatic carbocycles. The van der Waals surface area contributed by atoms with Crippen LogP contribution in [0.5, 0.6) is 0 Å². The van der Waals surface area contributed by atoms with Crippen LogP contribution in [-0.2, 0) is 11.3 Å². The predicted octanol–water partition coefficient (Wildman–Crippen LogP) is 2.42. The van der Waals surface area contributed by atoms with Crippen LogP contribution in [0.25, 0.3) is 0 Å². The molecule has 3 heterocycles. The summed E-state index contributed by atoms with van der Waals surface area (Å²) in [5.41, 5.74) is 2.40. The summed E-state index contributed by atoms with van der Waals surface area (Å²) in [7, 11) is 0. The lowest BCUT2D eigenvalue weighted by Crippen LogP contribution is -2.35. The summed E-state index contributed by atoms with van der Waals surface area (Å²) in [4.78, 5) is 12.1. The normalized spacial score (nSPS) is 23.0. The zero-order valence-corrected chi connectivity index (χ0v) is 13.1. The summed E-state index contributed by atoms with van der Waals surface area (Å²) in [5, 5.41) is 11.2. The highest BCUT2D eigenvalue weighted by Gasteiger charge is 2.36. The van der Waals surface area contributed by atoms with E-state index in [9.17, 15) is 4.79 Å². The molecule has 5 heteroatoms. The summed E-state index contributed by atoms with van der Waals surface area (Å²) in [6.07, 6.45) is 5.19. The van der Waals surface area contributed by atoms with Crippen molar-refractivity contribution in [2.45, 2.75) is 58.4 Å². The maximum Gasteiger partial charge on any atom is 0.226 e. The Morgan fingerprint density at radius 2 is 2.10 bits per heavy atom. The highest BCUT2D eigenvalue weighted by atomic mass is 16.1. The van der Waals surface area contributed by atoms with E-state index in [0.29, 0.717) is 18.3 Å². The van der Waals surface area contributed by atoms with E-state index >= 15 is 0 Å². The van der Waals surface area contributed by atoms with Crippen LogP contribution in [-0.4, -0.2) is 28.8 Å². The second-order valence-electron chi connectivity index (χ2n) is 6.37. The quantitative estimate of drug-likeness (QED) is 0.895. The fourth-order valence-corrected chi connectivity index (χ4v) is 3.77. The molecule has 1 fully saturated rings. The van der Waals surface area contributed by atoms with Crippen LogP contribution in [0.2, 0.25) is 0 Å². The van der Waals surface area contributed by atoms with Gasteiger partial charge in [-0.1, -0.05) is 13.3 Å². The fourth-order valence-electron chi connectivity index (χ4n) is 3.77. The molecule has 1 saturated heterocycles. The minimum Gasteiger partial charge on any atom is -0.317 e. The first kappa shape index (κ1) is 14.6. The smallest absolute Gasteiger partial charge is 0.226 e. The molecule has 116 valence electrons. The third-order valence-electron chi connectivity index (χ3n) is 4.88. The van der Waals surface area contributed by atoms with Gasteiger partial charge in [-0.25, -0.2) is 4.68 Å². The molecule has 2 aliphatic heterocycles. The number of amides is 1. The van der Waals surface area contributed by atoms with Gasteiger partial charge in [-0.05, 0) is 45.2 Å². The molecule has 1 aromatic heterocycles. The number of carbonyl (C=O) groups excluding carboxylic acids is 1. The lowest BCUT2D eigenvalue weighted by molar-refractivity contribution is -0.117. The molecule has 21 heavy (non-hydrogen) atoms. The van der Waals surface area contributed by atoms with Crippen LogP contribution in [0, 0.1) is 12.8 Å². The van der Waals surface area contributed by atoms with Gasteiger partial charge in [-0.2, -0.15) is 5.10 Å². The zero-order chi connectivity index (χ0) is 14.8. The van der Waals surface area contributed by atoms with Crippen molar-refractivity contribution in [3.05, 3.63) is 11.3 Å². The van der Waals surface area contributed by atoms with Crippen LogP contribution < -0.4 is 10.6 Å². The van der Waals surface area contributed by atoms with Crippen LogP contribution in [0.15, 0.2) is 0 Å². The van der Waals surface area contributed by atoms with E-state index in [1.807, 2.05) is 4.68 Å². The van der Waals surface area contributed by atoms with Crippen LogP contribution >= 0.6 is 0 Å². The summed E-state index contributed by atoms with van der Waals surface area (Å²) in [5.74, 6) is 2.09. The molecule has 1 aromatic rings. The molecule has 1 amide bonds. The molecule has 5 nitrogen and oxygen atoms in total. The number of anilines is 1. The molecule has 0 spiro atoms. The van der Waals surface area contributed by atoms with Crippen molar-refractivity contribution < 1.29 is 4.79 Å². The van der Waals surface area contributed by atoms with Gasteiger partial charge in [0.1, 0.15) is 5.82 Å². The number of carbonyl (C=O) groups is 1. The van der Waals surface area contributed by atoms with Gasteiger partial charge in [0.2, 0.25) is 5.91 Å². The summed E-state index contributed by atoms with van der Waals surface area (Å²) in [6, 6.07) is 0. The van der Waals surface area contributed by atoms with Gasteiger partial charge < -0.3 is 10.6 Å². The molecule has 0 bridgehead atoms. The third-order valence-corrected chi connectivity index (χ3v) is 4.88. The first-order chi connectivity index (χ1) is 10.2. The van der Waals surface area contributed by atoms with Crippen molar-refractivity contribution in [2.75, 3.05) is 18.4 Å². The SMILES string of the molecule is CCCCn1nc(C)c2c1NC(=O)C[C@@H]2C1CCNCC1. The van der Waals surface area contributed by atoms with Gasteiger partial charge in [0.15, 0.2) is 0 Å². The van der Waals surface area contributed by atoms with Crippen LogP contribution in [0.4, 0.5) is 5.82 Å². The van der Waals surface area contributed by atoms with Gasteiger partial charge >= 0.3 is 0 Å². The summed E-state index contributed by atoms with van der Waals surface area (Å²) < 4.78 is 2.01. The van der Waals surface area contributed by atoms with Gasteiger partial charge in [0.05, 0.1) is 5.69 Å². The Labute approximate surface area is 126 Å². The van der Waals surface area contributed by atoms with Crippen molar-refractivity contribution >= 4 is 11.7 Å². The van der Waals surface area contributed by atoms with Gasteiger partial charge in [-0.15, -0.1) is 0 Å². The average molecular weight is 290 g/mol. The number of hydrogen-bond donors (Lipinski definition) is 2. The number of aromatic nitrogens is 2. The number of hydrogen-bond acceptors (Lipinski definition) is 3. The molecular weight excluding hydrogens is 264 g/mol. The second kappa shape index (κ2) is 6.18. The van der Waals surface area contributed by atoms with Crippen LogP contribution in [0.1, 0.15) is 56.2 Å². The zero-order valence-electron chi connectivity index (χ0n) is 13.1. The van der Waals surface area contributed by atoms with E-state index in [0.717, 1.165) is 56.8 Å². The second-order valence-corrected chi connectivity index (χ2v) is 6.37. The Morgan fingerprint density at radius 1 is 1.33 bits per heavy atom. The number of aryl methyl sites for hydroxylation is 2. The standard InChI is InChI=1S/C16H26N4O/c1-3-4-9-20-16-15(11(2)19-20)13(10-14(21)18-16)12-5-7-17-8-6-12/h12-13,17H,3-10H2,1-2H3,(H,18,21)/t13-/m1/s1. The first-order valence-electron chi connectivity index (χ1n) is 8.28. The van der Waals surface area contributed by atoms with Crippen molar-refractivity contribution in [2.24, 2.45) is 5.92 Å². The van der Waals surface area contributed by atoms with Gasteiger partial charge in [0.25, 0.3) is 0 Å². The number of nitrogens with zero attached hydrogens (tertiary/aromatic N) is 2. The number of fused-ring (bicyclic) bond motifs is 1. The Kier molecular flexibility index (Phi) is 4.29. The fraction of sp³-hybridized carbons (Fsp3) is 0.750. The lowest BCUT2D eigenvalue weighted by atomic mass is 9.77. The molecule has 2 aliphatic rings. The Hall–Kier alpha value is -1.36. The molecule has 3 rings (SSSR count). The minimum atomic E-state index is 0.156. The molecular formula is C16H26N4O. The van der Waals surface area contributed by atoms with Crippen molar-refractivity contribution in [3.8, 4) is 0 Å². The van der Waals surface area contributed by atoms with Gasteiger partial charge in [-0.3, -0.25) is 4.79 Å². The number of piperidine rings is 1. The van der Waals surface area contributed by atoms with E-state index < -0.39 is 0 Å². The predicted molar refractivity (Wildman–Crippen MR) is 83.5 cm³/mol. The first-order valence-corrected chi connectivity index (χ1v) is 8.28. The van der Waals surface area contributed by atoms with Crippen molar-refractivity contribution in [3.63, 3.8) is 0 Å².